The first-order valence-electron chi connectivity index (χ1n) is 12.6. The van der Waals surface area contributed by atoms with Crippen LogP contribution in [0.3, 0.4) is 0 Å². The first-order valence-corrected chi connectivity index (χ1v) is 14.6. The lowest BCUT2D eigenvalue weighted by atomic mass is 10.00. The molecule has 6 rings (SSSR count). The number of ether oxygens (including phenoxy) is 2. The maximum Gasteiger partial charge on any atom is 0.150 e. The smallest absolute Gasteiger partial charge is 0.150 e. The van der Waals surface area contributed by atoms with Crippen LogP contribution in [-0.4, -0.2) is 63.1 Å². The van der Waals surface area contributed by atoms with Gasteiger partial charge in [0.15, 0.2) is 6.23 Å². The van der Waals surface area contributed by atoms with E-state index < -0.39 is 9.73 Å². The summed E-state index contributed by atoms with van der Waals surface area (Å²) in [6.07, 6.45) is 8.03. The highest BCUT2D eigenvalue weighted by molar-refractivity contribution is 7.91. The van der Waals surface area contributed by atoms with Gasteiger partial charge in [0.1, 0.15) is 17.0 Å². The molecule has 0 aliphatic carbocycles. The number of rotatable bonds is 5. The highest BCUT2D eigenvalue weighted by Gasteiger charge is 2.23. The van der Waals surface area contributed by atoms with E-state index in [0.717, 1.165) is 78.2 Å². The van der Waals surface area contributed by atoms with Gasteiger partial charge in [0.2, 0.25) is 0 Å². The molecule has 9 nitrogen and oxygen atoms in total. The van der Waals surface area contributed by atoms with Crippen LogP contribution >= 0.6 is 0 Å². The van der Waals surface area contributed by atoms with Crippen molar-refractivity contribution < 1.29 is 13.7 Å². The summed E-state index contributed by atoms with van der Waals surface area (Å²) >= 11 is 0. The van der Waals surface area contributed by atoms with E-state index in [0.29, 0.717) is 18.1 Å². The first-order chi connectivity index (χ1) is 18.0. The second-order valence-electron chi connectivity index (χ2n) is 9.53. The Morgan fingerprint density at radius 1 is 1.03 bits per heavy atom. The number of aromatic nitrogens is 4. The number of pyridine rings is 2. The Labute approximate surface area is 216 Å². The van der Waals surface area contributed by atoms with Gasteiger partial charge in [-0.25, -0.2) is 18.7 Å². The Bertz CT molecular complexity index is 1520. The molecule has 5 heterocycles. The van der Waals surface area contributed by atoms with Crippen LogP contribution in [0.25, 0.3) is 33.4 Å². The van der Waals surface area contributed by atoms with Gasteiger partial charge in [-0.1, -0.05) is 12.1 Å². The van der Waals surface area contributed by atoms with Crippen molar-refractivity contribution in [3.8, 4) is 22.5 Å². The summed E-state index contributed by atoms with van der Waals surface area (Å²) in [7, 11) is -2.79. The van der Waals surface area contributed by atoms with Gasteiger partial charge < -0.3 is 14.4 Å². The van der Waals surface area contributed by atoms with E-state index in [-0.39, 0.29) is 6.23 Å². The molecular weight excluding hydrogens is 488 g/mol. The zero-order valence-corrected chi connectivity index (χ0v) is 21.6. The van der Waals surface area contributed by atoms with Crippen LogP contribution in [0.2, 0.25) is 0 Å². The summed E-state index contributed by atoms with van der Waals surface area (Å²) < 4.78 is 33.7. The van der Waals surface area contributed by atoms with E-state index in [1.165, 1.54) is 6.26 Å². The molecule has 10 heteroatoms. The van der Waals surface area contributed by atoms with Crippen LogP contribution in [0.1, 0.15) is 25.5 Å². The van der Waals surface area contributed by atoms with Crippen LogP contribution in [0.5, 0.6) is 0 Å². The molecule has 2 saturated heterocycles. The van der Waals surface area contributed by atoms with Gasteiger partial charge in [-0.05, 0) is 60.7 Å². The van der Waals surface area contributed by atoms with Gasteiger partial charge in [-0.15, -0.1) is 0 Å². The number of fused-ring (bicyclic) bond motifs is 1. The highest BCUT2D eigenvalue weighted by Crippen LogP contribution is 2.37. The van der Waals surface area contributed by atoms with Crippen LogP contribution in [0.15, 0.2) is 59.8 Å². The maximum atomic E-state index is 12.3. The lowest BCUT2D eigenvalue weighted by molar-refractivity contribution is -0.0383. The number of benzene rings is 1. The average Bonchev–Trinajstić information content (AvgIpc) is 3.42. The Hall–Kier alpha value is -3.34. The molecule has 2 fully saturated rings. The predicted octanol–water partition coefficient (Wildman–Crippen LogP) is 4.73. The van der Waals surface area contributed by atoms with Crippen molar-refractivity contribution in [3.63, 3.8) is 0 Å². The van der Waals surface area contributed by atoms with Crippen LogP contribution in [0, 0.1) is 4.78 Å². The summed E-state index contributed by atoms with van der Waals surface area (Å²) in [6.45, 7) is 3.57. The molecule has 0 amide bonds. The lowest BCUT2D eigenvalue weighted by Crippen LogP contribution is -2.36. The van der Waals surface area contributed by atoms with Gasteiger partial charge in [0.25, 0.3) is 0 Å². The molecule has 2 aliphatic rings. The Kier molecular flexibility index (Phi) is 6.39. The predicted molar refractivity (Wildman–Crippen MR) is 143 cm³/mol. The zero-order chi connectivity index (χ0) is 25.4. The third-order valence-electron chi connectivity index (χ3n) is 7.01. The number of nitrogens with zero attached hydrogens (tertiary/aromatic N) is 5. The summed E-state index contributed by atoms with van der Waals surface area (Å²) in [6, 6.07) is 13.5. The summed E-state index contributed by atoms with van der Waals surface area (Å²) in [5, 5.41) is 5.57. The van der Waals surface area contributed by atoms with Gasteiger partial charge in [-0.3, -0.25) is 4.98 Å². The monoisotopic (exact) mass is 518 g/mol. The topological polar surface area (TPSA) is 106 Å². The molecule has 0 saturated carbocycles. The molecule has 1 aromatic carbocycles. The highest BCUT2D eigenvalue weighted by atomic mass is 32.2. The fourth-order valence-corrected chi connectivity index (χ4v) is 5.72. The average molecular weight is 519 g/mol. The van der Waals surface area contributed by atoms with E-state index in [9.17, 15) is 4.21 Å². The Morgan fingerprint density at radius 2 is 1.84 bits per heavy atom. The number of hydrogen-bond donors (Lipinski definition) is 1. The minimum atomic E-state index is -2.79. The van der Waals surface area contributed by atoms with Crippen LogP contribution < -0.4 is 4.90 Å². The van der Waals surface area contributed by atoms with E-state index >= 15 is 0 Å². The number of morpholine rings is 1. The molecule has 3 aromatic heterocycles. The molecule has 2 aliphatic heterocycles. The van der Waals surface area contributed by atoms with Crippen molar-refractivity contribution >= 4 is 26.4 Å². The molecule has 0 radical (unpaired) electrons. The van der Waals surface area contributed by atoms with Crippen molar-refractivity contribution in [1.29, 1.82) is 4.78 Å². The van der Waals surface area contributed by atoms with E-state index in [1.54, 1.807) is 18.3 Å². The summed E-state index contributed by atoms with van der Waals surface area (Å²) in [5.41, 5.74) is 4.41. The van der Waals surface area contributed by atoms with Crippen molar-refractivity contribution in [2.45, 2.75) is 30.4 Å². The molecule has 1 N–H and O–H groups in total. The van der Waals surface area contributed by atoms with Crippen molar-refractivity contribution in [1.82, 2.24) is 19.7 Å². The molecular formula is C27H30N6O3S. The van der Waals surface area contributed by atoms with Crippen molar-refractivity contribution in [2.75, 3.05) is 44.1 Å². The lowest BCUT2D eigenvalue weighted by Gasteiger charge is -2.29. The van der Waals surface area contributed by atoms with E-state index in [1.807, 2.05) is 35.1 Å². The van der Waals surface area contributed by atoms with E-state index in [4.69, 9.17) is 24.2 Å². The summed E-state index contributed by atoms with van der Waals surface area (Å²) in [4.78, 5) is 12.7. The number of nitrogens with one attached hydrogen (secondary N) is 1. The third-order valence-corrected chi connectivity index (χ3v) is 8.18. The molecule has 0 spiro atoms. The molecule has 0 bridgehead atoms. The normalized spacial score (nSPS) is 20.1. The van der Waals surface area contributed by atoms with Gasteiger partial charge >= 0.3 is 0 Å². The minimum absolute atomic E-state index is 0.112. The largest absolute Gasteiger partial charge is 0.378 e. The molecule has 2 atom stereocenters. The Morgan fingerprint density at radius 3 is 2.57 bits per heavy atom. The van der Waals surface area contributed by atoms with E-state index in [2.05, 4.69) is 16.1 Å². The number of hydrogen-bond acceptors (Lipinski definition) is 8. The number of anilines is 1. The van der Waals surface area contributed by atoms with Gasteiger partial charge in [-0.2, -0.15) is 5.10 Å². The van der Waals surface area contributed by atoms with Crippen LogP contribution in [0.4, 0.5) is 5.82 Å². The third kappa shape index (κ3) is 4.72. The molecule has 37 heavy (non-hydrogen) atoms. The van der Waals surface area contributed by atoms with Crippen molar-refractivity contribution in [2.24, 2.45) is 0 Å². The standard InChI is InChI=1S/C27H30N6O3S/c1-37(28,34)20-7-5-19(6-8-20)22-18-24(32-13-16-35-17-14-32)31-26-21(22)9-11-29-27(26)23-10-12-30-33(23)25-4-2-3-15-36-25/h5-12,18,25,28H,2-4,13-17H2,1H3. The van der Waals surface area contributed by atoms with Crippen LogP contribution in [-0.2, 0) is 19.2 Å². The molecule has 192 valence electrons. The van der Waals surface area contributed by atoms with Gasteiger partial charge in [0, 0.05) is 48.6 Å². The molecule has 2 unspecified atom stereocenters. The second-order valence-corrected chi connectivity index (χ2v) is 11.7. The summed E-state index contributed by atoms with van der Waals surface area (Å²) in [5.74, 6) is 0.865. The van der Waals surface area contributed by atoms with Crippen molar-refractivity contribution in [3.05, 3.63) is 54.9 Å². The second kappa shape index (κ2) is 9.85. The first kappa shape index (κ1) is 24.0. The SMILES string of the molecule is CS(=N)(=O)c1ccc(-c2cc(N3CCOCC3)nc3c(-c4ccnn4C4CCCCO4)nccc23)cc1. The molecule has 4 aromatic rings. The quantitative estimate of drug-likeness (QED) is 0.407. The maximum absolute atomic E-state index is 12.3. The fraction of sp³-hybridized carbons (Fsp3) is 0.370. The minimum Gasteiger partial charge on any atom is -0.378 e. The fourth-order valence-electron chi connectivity index (χ4n) is 5.06. The van der Waals surface area contributed by atoms with Gasteiger partial charge in [0.05, 0.1) is 28.6 Å². The zero-order valence-electron chi connectivity index (χ0n) is 20.8. The Balaban J connectivity index is 1.53.